The van der Waals surface area contributed by atoms with Crippen LogP contribution in [0.1, 0.15) is 44.1 Å². The zero-order valence-electron chi connectivity index (χ0n) is 14.3. The number of nitrogens with zero attached hydrogens (tertiary/aromatic N) is 1. The Kier molecular flexibility index (Phi) is 4.02. The molecule has 0 spiro atoms. The average molecular weight is 368 g/mol. The Morgan fingerprint density at radius 2 is 1.60 bits per heavy atom. The van der Waals surface area contributed by atoms with Gasteiger partial charge in [0.05, 0.1) is 11.3 Å². The molecule has 4 saturated carbocycles. The van der Waals surface area contributed by atoms with Crippen molar-refractivity contribution in [2.75, 3.05) is 12.4 Å². The predicted octanol–water partition coefficient (Wildman–Crippen LogP) is 5.30. The summed E-state index contributed by atoms with van der Waals surface area (Å²) in [5, 5.41) is 3.28. The molecule has 0 amide bonds. The van der Waals surface area contributed by atoms with Crippen molar-refractivity contribution in [2.45, 2.75) is 50.2 Å². The van der Waals surface area contributed by atoms with Crippen LogP contribution in [0, 0.1) is 17.8 Å². The van der Waals surface area contributed by atoms with Gasteiger partial charge in [-0.3, -0.25) is 0 Å². The van der Waals surface area contributed by atoms with Crippen LogP contribution in [-0.2, 0) is 6.18 Å². The van der Waals surface area contributed by atoms with Crippen molar-refractivity contribution in [1.29, 1.82) is 0 Å². The van der Waals surface area contributed by atoms with Crippen LogP contribution in [0.25, 0.3) is 0 Å². The highest BCUT2D eigenvalue weighted by atomic mass is 32.1. The van der Waals surface area contributed by atoms with Crippen LogP contribution in [0.3, 0.4) is 0 Å². The van der Waals surface area contributed by atoms with Gasteiger partial charge < -0.3 is 10.2 Å². The van der Waals surface area contributed by atoms with Crippen molar-refractivity contribution in [3.05, 3.63) is 29.8 Å². The number of hydrogen-bond donors (Lipinski definition) is 1. The van der Waals surface area contributed by atoms with E-state index in [1.165, 1.54) is 31.4 Å². The van der Waals surface area contributed by atoms with Gasteiger partial charge in [0, 0.05) is 12.6 Å². The summed E-state index contributed by atoms with van der Waals surface area (Å²) in [4.78, 5) is 2.07. The molecule has 0 atom stereocenters. The van der Waals surface area contributed by atoms with E-state index in [-0.39, 0.29) is 11.2 Å². The van der Waals surface area contributed by atoms with Gasteiger partial charge in [-0.2, -0.15) is 13.2 Å². The summed E-state index contributed by atoms with van der Waals surface area (Å²) in [7, 11) is 1.96. The van der Waals surface area contributed by atoms with Gasteiger partial charge in [0.2, 0.25) is 0 Å². The SMILES string of the molecule is CN(C(=S)Nc1ccccc1C(F)(F)F)C12CC3CC(CC(C3)C1)C2. The standard InChI is InChI=1S/C19H23F3N2S/c1-24(18-9-12-6-13(10-18)8-14(7-12)11-18)17(25)23-16-5-3-2-4-15(16)19(20,21)22/h2-5,12-14H,6-11H2,1H3,(H,23,25). The highest BCUT2D eigenvalue weighted by Gasteiger charge is 2.53. The number of anilines is 1. The lowest BCUT2D eigenvalue weighted by molar-refractivity contribution is -0.136. The Morgan fingerprint density at radius 1 is 1.08 bits per heavy atom. The molecule has 0 unspecified atom stereocenters. The molecule has 1 aromatic carbocycles. The number of nitrogens with one attached hydrogen (secondary N) is 1. The van der Waals surface area contributed by atoms with E-state index < -0.39 is 11.7 Å². The van der Waals surface area contributed by atoms with Crippen LogP contribution in [0.15, 0.2) is 24.3 Å². The molecule has 0 aliphatic heterocycles. The van der Waals surface area contributed by atoms with Gasteiger partial charge in [-0.15, -0.1) is 0 Å². The summed E-state index contributed by atoms with van der Waals surface area (Å²) in [5.41, 5.74) is -0.598. The molecule has 0 aromatic heterocycles. The third-order valence-electron chi connectivity index (χ3n) is 6.50. The molecular formula is C19H23F3N2S. The van der Waals surface area contributed by atoms with Crippen LogP contribution in [-0.4, -0.2) is 22.6 Å². The van der Waals surface area contributed by atoms with E-state index in [9.17, 15) is 13.2 Å². The zero-order chi connectivity index (χ0) is 17.8. The molecule has 4 bridgehead atoms. The van der Waals surface area contributed by atoms with E-state index in [2.05, 4.69) is 10.2 Å². The number of thiocarbonyl (C=S) groups is 1. The lowest BCUT2D eigenvalue weighted by atomic mass is 9.52. The lowest BCUT2D eigenvalue weighted by Gasteiger charge is -2.60. The van der Waals surface area contributed by atoms with Crippen molar-refractivity contribution in [3.8, 4) is 0 Å². The fourth-order valence-corrected chi connectivity index (χ4v) is 6.03. The maximum absolute atomic E-state index is 13.2. The number of benzene rings is 1. The van der Waals surface area contributed by atoms with E-state index in [4.69, 9.17) is 12.2 Å². The Hall–Kier alpha value is -1.30. The summed E-state index contributed by atoms with van der Waals surface area (Å²) >= 11 is 5.52. The van der Waals surface area contributed by atoms with Gasteiger partial charge >= 0.3 is 6.18 Å². The first-order chi connectivity index (χ1) is 11.8. The second kappa shape index (κ2) is 5.86. The van der Waals surface area contributed by atoms with E-state index in [0.717, 1.165) is 43.1 Å². The highest BCUT2D eigenvalue weighted by Crippen LogP contribution is 2.57. The first-order valence-corrected chi connectivity index (χ1v) is 9.39. The summed E-state index contributed by atoms with van der Waals surface area (Å²) in [5.74, 6) is 2.29. The molecular weight excluding hydrogens is 345 g/mol. The second-order valence-electron chi connectivity index (χ2n) is 8.17. The second-order valence-corrected chi connectivity index (χ2v) is 8.56. The zero-order valence-corrected chi connectivity index (χ0v) is 15.1. The number of alkyl halides is 3. The largest absolute Gasteiger partial charge is 0.418 e. The van der Waals surface area contributed by atoms with Gasteiger partial charge in [0.25, 0.3) is 0 Å². The number of halogens is 3. The lowest BCUT2D eigenvalue weighted by Crippen LogP contribution is -2.60. The molecule has 0 radical (unpaired) electrons. The molecule has 136 valence electrons. The molecule has 4 fully saturated rings. The van der Waals surface area contributed by atoms with Crippen LogP contribution < -0.4 is 5.32 Å². The Bertz CT molecular complexity index is 650. The van der Waals surface area contributed by atoms with E-state index in [1.54, 1.807) is 6.07 Å². The molecule has 0 heterocycles. The van der Waals surface area contributed by atoms with Gasteiger partial charge in [-0.25, -0.2) is 0 Å². The maximum atomic E-state index is 13.2. The Morgan fingerprint density at radius 3 is 2.12 bits per heavy atom. The van der Waals surface area contributed by atoms with E-state index in [0.29, 0.717) is 5.11 Å². The summed E-state index contributed by atoms with van der Waals surface area (Å²) in [6.45, 7) is 0. The maximum Gasteiger partial charge on any atom is 0.418 e. The number of rotatable bonds is 2. The first-order valence-electron chi connectivity index (χ1n) is 8.98. The topological polar surface area (TPSA) is 15.3 Å². The molecule has 2 nitrogen and oxygen atoms in total. The third-order valence-corrected chi connectivity index (χ3v) is 6.87. The van der Waals surface area contributed by atoms with Gasteiger partial charge in [0.15, 0.2) is 5.11 Å². The molecule has 0 saturated heterocycles. The number of para-hydroxylation sites is 1. The first kappa shape index (κ1) is 17.1. The normalized spacial score (nSPS) is 33.4. The number of hydrogen-bond acceptors (Lipinski definition) is 1. The van der Waals surface area contributed by atoms with Crippen LogP contribution in [0.4, 0.5) is 18.9 Å². The molecule has 5 rings (SSSR count). The molecule has 4 aliphatic rings. The summed E-state index contributed by atoms with van der Waals surface area (Å²) < 4.78 is 39.6. The van der Waals surface area contributed by atoms with E-state index in [1.807, 2.05) is 7.05 Å². The monoisotopic (exact) mass is 368 g/mol. The quantitative estimate of drug-likeness (QED) is 0.713. The molecule has 1 N–H and O–H groups in total. The fraction of sp³-hybridized carbons (Fsp3) is 0.632. The van der Waals surface area contributed by atoms with Crippen LogP contribution in [0.5, 0.6) is 0 Å². The fourth-order valence-electron chi connectivity index (χ4n) is 5.73. The molecule has 6 heteroatoms. The minimum atomic E-state index is -4.39. The molecule has 1 aromatic rings. The van der Waals surface area contributed by atoms with Crippen molar-refractivity contribution in [2.24, 2.45) is 17.8 Å². The predicted molar refractivity (Wildman–Crippen MR) is 96.3 cm³/mol. The summed E-state index contributed by atoms with van der Waals surface area (Å²) in [6, 6.07) is 5.54. The van der Waals surface area contributed by atoms with Crippen molar-refractivity contribution in [1.82, 2.24) is 4.90 Å². The van der Waals surface area contributed by atoms with Crippen molar-refractivity contribution >= 4 is 23.0 Å². The van der Waals surface area contributed by atoms with E-state index >= 15 is 0 Å². The van der Waals surface area contributed by atoms with Gasteiger partial charge in [0.1, 0.15) is 0 Å². The Labute approximate surface area is 151 Å². The average Bonchev–Trinajstić information content (AvgIpc) is 2.52. The minimum Gasteiger partial charge on any atom is -0.346 e. The van der Waals surface area contributed by atoms with Crippen molar-refractivity contribution < 1.29 is 13.2 Å². The van der Waals surface area contributed by atoms with Crippen LogP contribution >= 0.6 is 12.2 Å². The van der Waals surface area contributed by atoms with Crippen molar-refractivity contribution in [3.63, 3.8) is 0 Å². The third kappa shape index (κ3) is 3.03. The Balaban J connectivity index is 1.54. The smallest absolute Gasteiger partial charge is 0.346 e. The highest BCUT2D eigenvalue weighted by molar-refractivity contribution is 7.80. The molecule has 25 heavy (non-hydrogen) atoms. The summed E-state index contributed by atoms with van der Waals surface area (Å²) in [6.07, 6.45) is 2.95. The van der Waals surface area contributed by atoms with Crippen LogP contribution in [0.2, 0.25) is 0 Å². The van der Waals surface area contributed by atoms with Gasteiger partial charge in [-0.1, -0.05) is 12.1 Å². The minimum absolute atomic E-state index is 0.0337. The molecule has 4 aliphatic carbocycles. The van der Waals surface area contributed by atoms with Gasteiger partial charge in [-0.05, 0) is 80.6 Å².